The first-order valence-corrected chi connectivity index (χ1v) is 8.90. The van der Waals surface area contributed by atoms with Crippen molar-refractivity contribution in [2.24, 2.45) is 17.3 Å². The maximum absolute atomic E-state index is 12.1. The summed E-state index contributed by atoms with van der Waals surface area (Å²) in [5, 5.41) is 20.5. The number of aryl methyl sites for hydroxylation is 1. The fourth-order valence-corrected chi connectivity index (χ4v) is 5.66. The van der Waals surface area contributed by atoms with Crippen LogP contribution in [0.3, 0.4) is 0 Å². The van der Waals surface area contributed by atoms with Crippen molar-refractivity contribution < 1.29 is 19.8 Å². The standard InChI is InChI=1S/C20H24O4/c1-10(21)14-8-15-11(7-17(14)22)3-4-13-12(15)5-6-20(2)16(13)9-18(23)19(20)24/h7-8,12-13,16,19,22,24H,3-6,9H2,1-2H3/t12-,13+,16-,19+,20-/m0/s1. The summed E-state index contributed by atoms with van der Waals surface area (Å²) in [7, 11) is 0. The van der Waals surface area contributed by atoms with Crippen molar-refractivity contribution >= 4 is 11.6 Å². The number of hydrogen-bond donors (Lipinski definition) is 2. The third kappa shape index (κ3) is 2.02. The second kappa shape index (κ2) is 5.16. The molecule has 0 aromatic heterocycles. The number of ketones is 2. The average molecular weight is 328 g/mol. The van der Waals surface area contributed by atoms with Gasteiger partial charge in [-0.15, -0.1) is 0 Å². The number of aromatic hydroxyl groups is 1. The van der Waals surface area contributed by atoms with Gasteiger partial charge in [-0.1, -0.05) is 6.92 Å². The Bertz CT molecular complexity index is 737. The fourth-order valence-electron chi connectivity index (χ4n) is 5.66. The van der Waals surface area contributed by atoms with Crippen LogP contribution >= 0.6 is 0 Å². The second-order valence-corrected chi connectivity index (χ2v) is 8.16. The fraction of sp³-hybridized carbons (Fsp3) is 0.600. The Morgan fingerprint density at radius 3 is 2.75 bits per heavy atom. The lowest BCUT2D eigenvalue weighted by Gasteiger charge is -2.49. The van der Waals surface area contributed by atoms with Gasteiger partial charge in [0.05, 0.1) is 5.56 Å². The molecule has 1 aromatic rings. The summed E-state index contributed by atoms with van der Waals surface area (Å²) in [5.41, 5.74) is 2.40. The molecule has 4 nitrogen and oxygen atoms in total. The minimum absolute atomic E-state index is 0.0101. The molecule has 0 spiro atoms. The highest BCUT2D eigenvalue weighted by Crippen LogP contribution is 2.60. The van der Waals surface area contributed by atoms with Gasteiger partial charge in [-0.3, -0.25) is 9.59 Å². The van der Waals surface area contributed by atoms with E-state index in [1.807, 2.05) is 6.07 Å². The highest BCUT2D eigenvalue weighted by Gasteiger charge is 2.57. The molecule has 2 N–H and O–H groups in total. The van der Waals surface area contributed by atoms with Gasteiger partial charge >= 0.3 is 0 Å². The summed E-state index contributed by atoms with van der Waals surface area (Å²) in [6.45, 7) is 3.54. The number of carbonyl (C=O) groups is 2. The van der Waals surface area contributed by atoms with Gasteiger partial charge in [-0.2, -0.15) is 0 Å². The molecule has 0 saturated heterocycles. The first-order valence-electron chi connectivity index (χ1n) is 8.90. The highest BCUT2D eigenvalue weighted by atomic mass is 16.3. The minimum Gasteiger partial charge on any atom is -0.507 e. The van der Waals surface area contributed by atoms with Crippen molar-refractivity contribution in [2.75, 3.05) is 0 Å². The van der Waals surface area contributed by atoms with Crippen LogP contribution in [0.25, 0.3) is 0 Å². The van der Waals surface area contributed by atoms with Crippen LogP contribution in [-0.2, 0) is 11.2 Å². The van der Waals surface area contributed by atoms with Crippen LogP contribution in [-0.4, -0.2) is 27.9 Å². The molecular formula is C20H24O4. The van der Waals surface area contributed by atoms with Crippen LogP contribution in [0.1, 0.15) is 66.9 Å². The molecule has 4 heteroatoms. The average Bonchev–Trinajstić information content (AvgIpc) is 2.77. The maximum Gasteiger partial charge on any atom is 0.163 e. The van der Waals surface area contributed by atoms with Crippen molar-refractivity contribution in [3.8, 4) is 5.75 Å². The molecule has 0 radical (unpaired) electrons. The smallest absolute Gasteiger partial charge is 0.163 e. The number of Topliss-reactive ketones (excluding diaryl/α,β-unsaturated/α-hetero) is 2. The van der Waals surface area contributed by atoms with Gasteiger partial charge in [-0.05, 0) is 73.6 Å². The molecule has 0 bridgehead atoms. The van der Waals surface area contributed by atoms with Gasteiger partial charge in [-0.25, -0.2) is 0 Å². The van der Waals surface area contributed by atoms with E-state index in [1.165, 1.54) is 12.5 Å². The van der Waals surface area contributed by atoms with Gasteiger partial charge < -0.3 is 10.2 Å². The number of phenolic OH excluding ortho intramolecular Hbond substituents is 1. The van der Waals surface area contributed by atoms with Gasteiger partial charge in [0.15, 0.2) is 11.6 Å². The molecule has 5 atom stereocenters. The van der Waals surface area contributed by atoms with Crippen LogP contribution in [0, 0.1) is 17.3 Å². The summed E-state index contributed by atoms with van der Waals surface area (Å²) < 4.78 is 0. The largest absolute Gasteiger partial charge is 0.507 e. The van der Waals surface area contributed by atoms with E-state index in [1.54, 1.807) is 6.07 Å². The molecular weight excluding hydrogens is 304 g/mol. The van der Waals surface area contributed by atoms with E-state index >= 15 is 0 Å². The Kier molecular flexibility index (Phi) is 3.40. The Labute approximate surface area is 141 Å². The maximum atomic E-state index is 12.1. The van der Waals surface area contributed by atoms with E-state index in [-0.39, 0.29) is 28.6 Å². The molecule has 0 heterocycles. The monoisotopic (exact) mass is 328 g/mol. The topological polar surface area (TPSA) is 74.6 Å². The number of rotatable bonds is 1. The zero-order valence-corrected chi connectivity index (χ0v) is 14.2. The normalized spacial score (nSPS) is 37.5. The van der Waals surface area contributed by atoms with Crippen molar-refractivity contribution in [2.45, 2.75) is 58.0 Å². The molecule has 1 aromatic carbocycles. The van der Waals surface area contributed by atoms with E-state index in [0.717, 1.165) is 31.2 Å². The molecule has 24 heavy (non-hydrogen) atoms. The molecule has 0 unspecified atom stereocenters. The Morgan fingerprint density at radius 2 is 2.04 bits per heavy atom. The Morgan fingerprint density at radius 1 is 1.29 bits per heavy atom. The van der Waals surface area contributed by atoms with Crippen LogP contribution in [0.15, 0.2) is 12.1 Å². The van der Waals surface area contributed by atoms with Gasteiger partial charge in [0.1, 0.15) is 11.9 Å². The Balaban J connectivity index is 1.75. The third-order valence-corrected chi connectivity index (χ3v) is 7.01. The molecule has 4 rings (SSSR count). The minimum atomic E-state index is -0.822. The number of benzene rings is 1. The van der Waals surface area contributed by atoms with Crippen molar-refractivity contribution in [3.05, 3.63) is 28.8 Å². The molecule has 2 saturated carbocycles. The van der Waals surface area contributed by atoms with Crippen molar-refractivity contribution in [1.29, 1.82) is 0 Å². The summed E-state index contributed by atoms with van der Waals surface area (Å²) in [6, 6.07) is 3.63. The number of aliphatic hydroxyl groups is 1. The van der Waals surface area contributed by atoms with E-state index in [4.69, 9.17) is 0 Å². The van der Waals surface area contributed by atoms with Gasteiger partial charge in [0, 0.05) is 11.8 Å². The first kappa shape index (κ1) is 15.8. The predicted molar refractivity (Wildman–Crippen MR) is 89.1 cm³/mol. The zero-order valence-electron chi connectivity index (χ0n) is 14.2. The predicted octanol–water partition coefficient (Wildman–Crippen LogP) is 2.99. The number of aliphatic hydroxyl groups excluding tert-OH is 1. The van der Waals surface area contributed by atoms with E-state index in [9.17, 15) is 19.8 Å². The van der Waals surface area contributed by atoms with Gasteiger partial charge in [0.25, 0.3) is 0 Å². The quantitative estimate of drug-likeness (QED) is 0.777. The molecule has 2 fully saturated rings. The van der Waals surface area contributed by atoms with Crippen LogP contribution < -0.4 is 0 Å². The van der Waals surface area contributed by atoms with E-state index in [0.29, 0.717) is 23.8 Å². The summed E-state index contributed by atoms with van der Waals surface area (Å²) >= 11 is 0. The number of hydrogen-bond acceptors (Lipinski definition) is 4. The summed E-state index contributed by atoms with van der Waals surface area (Å²) in [5.74, 6) is 0.868. The third-order valence-electron chi connectivity index (χ3n) is 7.01. The molecule has 0 aliphatic heterocycles. The van der Waals surface area contributed by atoms with Crippen molar-refractivity contribution in [1.82, 2.24) is 0 Å². The molecule has 128 valence electrons. The van der Waals surface area contributed by atoms with Gasteiger partial charge in [0.2, 0.25) is 0 Å². The summed E-state index contributed by atoms with van der Waals surface area (Å²) in [6.07, 6.45) is 3.26. The highest BCUT2D eigenvalue weighted by molar-refractivity contribution is 5.97. The number of fused-ring (bicyclic) bond motifs is 5. The van der Waals surface area contributed by atoms with Crippen LogP contribution in [0.4, 0.5) is 0 Å². The number of phenols is 1. The molecule has 3 aliphatic carbocycles. The lowest BCUT2D eigenvalue weighted by Crippen LogP contribution is -2.44. The molecule has 0 amide bonds. The van der Waals surface area contributed by atoms with Crippen molar-refractivity contribution in [3.63, 3.8) is 0 Å². The zero-order chi connectivity index (χ0) is 17.2. The second-order valence-electron chi connectivity index (χ2n) is 8.16. The SMILES string of the molecule is CC(=O)c1cc2c(cc1O)CC[C@@H]1[C@@H]2CC[C@]2(C)[C@H](O)C(=O)C[C@@H]12. The van der Waals surface area contributed by atoms with E-state index in [2.05, 4.69) is 6.92 Å². The van der Waals surface area contributed by atoms with E-state index < -0.39 is 6.10 Å². The lowest BCUT2D eigenvalue weighted by atomic mass is 9.55. The number of carbonyl (C=O) groups excluding carboxylic acids is 2. The summed E-state index contributed by atoms with van der Waals surface area (Å²) in [4.78, 5) is 23.9. The molecule has 3 aliphatic rings. The van der Waals surface area contributed by atoms with Crippen LogP contribution in [0.2, 0.25) is 0 Å². The van der Waals surface area contributed by atoms with Crippen LogP contribution in [0.5, 0.6) is 5.75 Å². The first-order chi connectivity index (χ1) is 11.3. The lowest BCUT2D eigenvalue weighted by molar-refractivity contribution is -0.128. The Hall–Kier alpha value is -1.68.